The zero-order valence-corrected chi connectivity index (χ0v) is 9.74. The number of halogens is 1. The van der Waals surface area contributed by atoms with Crippen LogP contribution in [0.1, 0.15) is 6.92 Å². The molecular formula is C8H10ClN5S. The maximum absolute atomic E-state index is 5.74. The molecule has 0 fully saturated rings. The summed E-state index contributed by atoms with van der Waals surface area (Å²) in [6.07, 6.45) is 3.39. The van der Waals surface area contributed by atoms with Crippen LogP contribution in [0, 0.1) is 5.92 Å². The molecule has 80 valence electrons. The van der Waals surface area contributed by atoms with Gasteiger partial charge in [-0.1, -0.05) is 6.92 Å². The molecule has 0 aliphatic rings. The van der Waals surface area contributed by atoms with E-state index in [0.29, 0.717) is 17.4 Å². The van der Waals surface area contributed by atoms with E-state index in [1.807, 2.05) is 0 Å². The average Bonchev–Trinajstić information content (AvgIpc) is 2.74. The SMILES string of the molecule is CC(CCl)CSc1cncc2nnnn12. The molecule has 0 spiro atoms. The minimum absolute atomic E-state index is 0.461. The minimum Gasteiger partial charge on any atom is -0.258 e. The predicted molar refractivity (Wildman–Crippen MR) is 59.2 cm³/mol. The lowest BCUT2D eigenvalue weighted by Gasteiger charge is -2.06. The fraction of sp³-hybridized carbons (Fsp3) is 0.500. The van der Waals surface area contributed by atoms with Crippen LogP contribution in [0.5, 0.6) is 0 Å². The second kappa shape index (κ2) is 4.76. The molecule has 0 bridgehead atoms. The molecule has 2 aromatic heterocycles. The average molecular weight is 244 g/mol. The van der Waals surface area contributed by atoms with Crippen LogP contribution in [0.4, 0.5) is 0 Å². The van der Waals surface area contributed by atoms with Crippen LogP contribution in [0.3, 0.4) is 0 Å². The third-order valence-electron chi connectivity index (χ3n) is 1.86. The van der Waals surface area contributed by atoms with Crippen molar-refractivity contribution in [3.8, 4) is 0 Å². The Balaban J connectivity index is 2.17. The second-order valence-electron chi connectivity index (χ2n) is 3.26. The van der Waals surface area contributed by atoms with E-state index < -0.39 is 0 Å². The Hall–Kier alpha value is -0.880. The number of fused-ring (bicyclic) bond motifs is 1. The van der Waals surface area contributed by atoms with Crippen LogP contribution in [0.15, 0.2) is 17.4 Å². The molecule has 7 heteroatoms. The van der Waals surface area contributed by atoms with E-state index in [2.05, 4.69) is 27.4 Å². The molecule has 1 atom stereocenters. The Morgan fingerprint density at radius 1 is 1.53 bits per heavy atom. The number of thioether (sulfide) groups is 1. The molecule has 2 heterocycles. The largest absolute Gasteiger partial charge is 0.258 e. The van der Waals surface area contributed by atoms with Gasteiger partial charge >= 0.3 is 0 Å². The van der Waals surface area contributed by atoms with E-state index in [-0.39, 0.29) is 0 Å². The summed E-state index contributed by atoms with van der Waals surface area (Å²) < 4.78 is 1.68. The second-order valence-corrected chi connectivity index (χ2v) is 4.61. The normalized spacial score (nSPS) is 13.2. The molecule has 0 amide bonds. The molecule has 2 rings (SSSR count). The zero-order chi connectivity index (χ0) is 10.7. The lowest BCUT2D eigenvalue weighted by molar-refractivity contribution is 0.744. The van der Waals surface area contributed by atoms with Crippen molar-refractivity contribution in [3.05, 3.63) is 12.4 Å². The van der Waals surface area contributed by atoms with Crippen LogP contribution in [0.25, 0.3) is 5.65 Å². The Morgan fingerprint density at radius 2 is 2.40 bits per heavy atom. The number of tetrazole rings is 1. The zero-order valence-electron chi connectivity index (χ0n) is 8.17. The number of nitrogens with zero attached hydrogens (tertiary/aromatic N) is 5. The van der Waals surface area contributed by atoms with Crippen LogP contribution >= 0.6 is 23.4 Å². The maximum atomic E-state index is 5.74. The maximum Gasteiger partial charge on any atom is 0.198 e. The van der Waals surface area contributed by atoms with Gasteiger partial charge in [-0.2, -0.15) is 4.52 Å². The smallest absolute Gasteiger partial charge is 0.198 e. The van der Waals surface area contributed by atoms with E-state index in [1.165, 1.54) is 0 Å². The van der Waals surface area contributed by atoms with Crippen molar-refractivity contribution in [2.45, 2.75) is 11.9 Å². The van der Waals surface area contributed by atoms with E-state index in [0.717, 1.165) is 10.8 Å². The van der Waals surface area contributed by atoms with Crippen molar-refractivity contribution in [2.24, 2.45) is 5.92 Å². The van der Waals surface area contributed by atoms with Gasteiger partial charge in [-0.05, 0) is 16.3 Å². The first-order chi connectivity index (χ1) is 7.31. The van der Waals surface area contributed by atoms with Gasteiger partial charge in [0.15, 0.2) is 5.65 Å². The molecule has 0 aliphatic carbocycles. The van der Waals surface area contributed by atoms with Gasteiger partial charge < -0.3 is 0 Å². The monoisotopic (exact) mass is 243 g/mol. The first-order valence-corrected chi connectivity index (χ1v) is 6.04. The summed E-state index contributed by atoms with van der Waals surface area (Å²) in [5, 5.41) is 12.2. The van der Waals surface area contributed by atoms with Gasteiger partial charge in [0, 0.05) is 11.6 Å². The number of aromatic nitrogens is 5. The first-order valence-electron chi connectivity index (χ1n) is 4.52. The highest BCUT2D eigenvalue weighted by molar-refractivity contribution is 7.99. The van der Waals surface area contributed by atoms with Gasteiger partial charge in [0.05, 0.1) is 12.4 Å². The van der Waals surface area contributed by atoms with E-state index >= 15 is 0 Å². The number of hydrogen-bond donors (Lipinski definition) is 0. The fourth-order valence-electron chi connectivity index (χ4n) is 1.02. The fourth-order valence-corrected chi connectivity index (χ4v) is 2.22. The summed E-state index contributed by atoms with van der Waals surface area (Å²) in [5.74, 6) is 2.05. The van der Waals surface area contributed by atoms with Gasteiger partial charge in [0.1, 0.15) is 5.03 Å². The molecule has 0 aromatic carbocycles. The minimum atomic E-state index is 0.461. The highest BCUT2D eigenvalue weighted by Crippen LogP contribution is 2.19. The van der Waals surface area contributed by atoms with Gasteiger partial charge in [-0.25, -0.2) is 0 Å². The molecule has 0 saturated carbocycles. The molecule has 1 unspecified atom stereocenters. The molecule has 0 aliphatic heterocycles. The highest BCUT2D eigenvalue weighted by Gasteiger charge is 2.06. The number of alkyl halides is 1. The Kier molecular flexibility index (Phi) is 3.37. The molecular weight excluding hydrogens is 234 g/mol. The van der Waals surface area contributed by atoms with Gasteiger partial charge in [-0.15, -0.1) is 28.5 Å². The van der Waals surface area contributed by atoms with Crippen molar-refractivity contribution in [1.82, 2.24) is 25.0 Å². The number of rotatable bonds is 4. The summed E-state index contributed by atoms with van der Waals surface area (Å²) in [5.41, 5.74) is 0.665. The summed E-state index contributed by atoms with van der Waals surface area (Å²) >= 11 is 7.40. The molecule has 0 saturated heterocycles. The molecule has 0 N–H and O–H groups in total. The summed E-state index contributed by atoms with van der Waals surface area (Å²) in [4.78, 5) is 4.07. The van der Waals surface area contributed by atoms with E-state index in [4.69, 9.17) is 11.6 Å². The Bertz CT molecular complexity index is 445. The highest BCUT2D eigenvalue weighted by atomic mass is 35.5. The molecule has 15 heavy (non-hydrogen) atoms. The van der Waals surface area contributed by atoms with E-state index in [9.17, 15) is 0 Å². The molecule has 0 radical (unpaired) electrons. The topological polar surface area (TPSA) is 56.0 Å². The van der Waals surface area contributed by atoms with Crippen molar-refractivity contribution < 1.29 is 0 Å². The standard InChI is InChI=1S/C8H10ClN5S/c1-6(2-9)5-15-8-4-10-3-7-11-12-13-14(7)8/h3-4,6H,2,5H2,1H3. The van der Waals surface area contributed by atoms with Crippen LogP contribution in [-0.4, -0.2) is 36.7 Å². The Labute approximate surface area is 96.2 Å². The van der Waals surface area contributed by atoms with Crippen molar-refractivity contribution in [3.63, 3.8) is 0 Å². The summed E-state index contributed by atoms with van der Waals surface area (Å²) in [6.45, 7) is 2.10. The number of hydrogen-bond acceptors (Lipinski definition) is 5. The van der Waals surface area contributed by atoms with Gasteiger partial charge in [0.2, 0.25) is 0 Å². The van der Waals surface area contributed by atoms with Crippen molar-refractivity contribution in [1.29, 1.82) is 0 Å². The van der Waals surface area contributed by atoms with Crippen LogP contribution in [0.2, 0.25) is 0 Å². The predicted octanol–water partition coefficient (Wildman–Crippen LogP) is 1.49. The molecule has 5 nitrogen and oxygen atoms in total. The lowest BCUT2D eigenvalue weighted by atomic mass is 10.3. The van der Waals surface area contributed by atoms with Crippen molar-refractivity contribution in [2.75, 3.05) is 11.6 Å². The first kappa shape index (κ1) is 10.6. The van der Waals surface area contributed by atoms with Crippen LogP contribution in [-0.2, 0) is 0 Å². The summed E-state index contributed by atoms with van der Waals surface area (Å²) in [7, 11) is 0. The third kappa shape index (κ3) is 2.38. The van der Waals surface area contributed by atoms with Crippen molar-refractivity contribution >= 4 is 29.0 Å². The van der Waals surface area contributed by atoms with Gasteiger partial charge in [0.25, 0.3) is 0 Å². The Morgan fingerprint density at radius 3 is 3.20 bits per heavy atom. The van der Waals surface area contributed by atoms with E-state index in [1.54, 1.807) is 28.7 Å². The van der Waals surface area contributed by atoms with Crippen LogP contribution < -0.4 is 0 Å². The molecule has 2 aromatic rings. The quantitative estimate of drug-likeness (QED) is 0.602. The van der Waals surface area contributed by atoms with Gasteiger partial charge in [-0.3, -0.25) is 4.98 Å². The third-order valence-corrected chi connectivity index (χ3v) is 3.69. The summed E-state index contributed by atoms with van der Waals surface area (Å²) in [6, 6.07) is 0. The lowest BCUT2D eigenvalue weighted by Crippen LogP contribution is -2.01.